The van der Waals surface area contributed by atoms with Crippen LogP contribution in [0.15, 0.2) is 40.8 Å². The molecule has 3 rings (SSSR count). The fourth-order valence-electron chi connectivity index (χ4n) is 2.13. The van der Waals surface area contributed by atoms with Gasteiger partial charge in [0.05, 0.1) is 15.6 Å². The molecule has 0 bridgehead atoms. The van der Waals surface area contributed by atoms with Crippen LogP contribution in [-0.4, -0.2) is 28.6 Å². The van der Waals surface area contributed by atoms with Crippen molar-refractivity contribution in [1.82, 2.24) is 10.2 Å². The molecule has 3 aromatic rings. The molecule has 26 heavy (non-hydrogen) atoms. The number of thiophene rings is 1. The van der Waals surface area contributed by atoms with E-state index in [1.165, 1.54) is 0 Å². The third kappa shape index (κ3) is 4.77. The molecule has 0 amide bonds. The second kappa shape index (κ2) is 8.25. The zero-order valence-corrected chi connectivity index (χ0v) is 15.5. The number of aromatic nitrogens is 2. The molecule has 0 N–H and O–H groups in total. The molecule has 0 saturated carbocycles. The second-order valence-electron chi connectivity index (χ2n) is 5.55. The van der Waals surface area contributed by atoms with Crippen molar-refractivity contribution in [1.29, 1.82) is 0 Å². The first-order valence-corrected chi connectivity index (χ1v) is 9.04. The minimum atomic E-state index is -0.504. The van der Waals surface area contributed by atoms with Gasteiger partial charge in [-0.3, -0.25) is 9.59 Å². The zero-order valence-electron chi connectivity index (χ0n) is 13.9. The summed E-state index contributed by atoms with van der Waals surface area (Å²) < 4.78 is 11.0. The van der Waals surface area contributed by atoms with Crippen molar-refractivity contribution in [3.05, 3.63) is 57.1 Å². The molecule has 0 aliphatic rings. The number of benzene rings is 1. The number of ketones is 1. The first-order chi connectivity index (χ1) is 12.5. The molecule has 8 heteroatoms. The molecular formula is C18H15ClN2O4S. The molecule has 1 aromatic carbocycles. The Bertz CT molecular complexity index is 917. The molecule has 0 aliphatic carbocycles. The van der Waals surface area contributed by atoms with E-state index in [9.17, 15) is 9.59 Å². The van der Waals surface area contributed by atoms with Crippen LogP contribution in [0.1, 0.15) is 27.5 Å². The fraction of sp³-hybridized carbons (Fsp3) is 0.222. The number of halogens is 1. The van der Waals surface area contributed by atoms with Gasteiger partial charge in [0.25, 0.3) is 0 Å². The molecule has 0 spiro atoms. The van der Waals surface area contributed by atoms with Gasteiger partial charge in [-0.05, 0) is 31.2 Å². The maximum absolute atomic E-state index is 11.9. The average molecular weight is 391 g/mol. The molecule has 134 valence electrons. The molecule has 0 fully saturated rings. The Labute approximate surface area is 158 Å². The highest BCUT2D eigenvalue weighted by molar-refractivity contribution is 7.18. The smallest absolute Gasteiger partial charge is 0.306 e. The van der Waals surface area contributed by atoms with Crippen molar-refractivity contribution in [3.63, 3.8) is 0 Å². The van der Waals surface area contributed by atoms with Gasteiger partial charge in [0.1, 0.15) is 0 Å². The fourth-order valence-corrected chi connectivity index (χ4v) is 3.10. The van der Waals surface area contributed by atoms with E-state index in [1.54, 1.807) is 12.1 Å². The number of nitrogens with zero attached hydrogens (tertiary/aromatic N) is 2. The van der Waals surface area contributed by atoms with Gasteiger partial charge < -0.3 is 9.15 Å². The molecular weight excluding hydrogens is 376 g/mol. The van der Waals surface area contributed by atoms with E-state index in [2.05, 4.69) is 10.2 Å². The minimum Gasteiger partial charge on any atom is -0.457 e. The van der Waals surface area contributed by atoms with E-state index in [1.807, 2.05) is 31.2 Å². The first-order valence-electron chi connectivity index (χ1n) is 7.85. The van der Waals surface area contributed by atoms with Crippen LogP contribution in [0.4, 0.5) is 0 Å². The van der Waals surface area contributed by atoms with Gasteiger partial charge in [-0.25, -0.2) is 0 Å². The second-order valence-corrected chi connectivity index (χ2v) is 7.27. The topological polar surface area (TPSA) is 82.3 Å². The number of carbonyl (C=O) groups excluding carboxylic acids is 2. The normalized spacial score (nSPS) is 10.7. The summed E-state index contributed by atoms with van der Waals surface area (Å²) in [5.74, 6) is -0.0437. The molecule has 6 nitrogen and oxygen atoms in total. The van der Waals surface area contributed by atoms with Gasteiger partial charge in [-0.15, -0.1) is 21.5 Å². The quantitative estimate of drug-likeness (QED) is 0.446. The van der Waals surface area contributed by atoms with Crippen LogP contribution in [0.5, 0.6) is 0 Å². The summed E-state index contributed by atoms with van der Waals surface area (Å²) in [5, 5.41) is 7.90. The summed E-state index contributed by atoms with van der Waals surface area (Å²) in [6, 6.07) is 10.9. The van der Waals surface area contributed by atoms with Crippen molar-refractivity contribution < 1.29 is 18.7 Å². The van der Waals surface area contributed by atoms with E-state index in [0.29, 0.717) is 21.0 Å². The van der Waals surface area contributed by atoms with Crippen LogP contribution >= 0.6 is 22.9 Å². The van der Waals surface area contributed by atoms with Crippen LogP contribution in [0.3, 0.4) is 0 Å². The minimum absolute atomic E-state index is 0.0496. The predicted molar refractivity (Wildman–Crippen MR) is 97.4 cm³/mol. The summed E-state index contributed by atoms with van der Waals surface area (Å²) in [6.45, 7) is 1.68. The zero-order chi connectivity index (χ0) is 18.5. The molecule has 0 atom stereocenters. The summed E-state index contributed by atoms with van der Waals surface area (Å²) in [4.78, 5) is 24.1. The van der Waals surface area contributed by atoms with Gasteiger partial charge in [0.15, 0.2) is 6.61 Å². The van der Waals surface area contributed by atoms with Gasteiger partial charge in [0.2, 0.25) is 17.6 Å². The Hall–Kier alpha value is -2.51. The van der Waals surface area contributed by atoms with Crippen molar-refractivity contribution in [2.45, 2.75) is 19.8 Å². The number of carbonyl (C=O) groups is 2. The number of hydrogen-bond acceptors (Lipinski definition) is 7. The lowest BCUT2D eigenvalue weighted by Crippen LogP contribution is -2.13. The number of rotatable bonds is 7. The lowest BCUT2D eigenvalue weighted by atomic mass is 10.1. The lowest BCUT2D eigenvalue weighted by Gasteiger charge is -2.01. The highest BCUT2D eigenvalue weighted by Gasteiger charge is 2.14. The number of esters is 1. The maximum Gasteiger partial charge on any atom is 0.306 e. The van der Waals surface area contributed by atoms with Crippen LogP contribution in [0, 0.1) is 6.92 Å². The Balaban J connectivity index is 1.47. The summed E-state index contributed by atoms with van der Waals surface area (Å²) in [6.07, 6.45) is 0.296. The monoisotopic (exact) mass is 390 g/mol. The van der Waals surface area contributed by atoms with Crippen LogP contribution in [-0.2, 0) is 16.0 Å². The van der Waals surface area contributed by atoms with Crippen molar-refractivity contribution in [2.24, 2.45) is 0 Å². The lowest BCUT2D eigenvalue weighted by molar-refractivity contribution is -0.142. The molecule has 0 unspecified atom stereocenters. The van der Waals surface area contributed by atoms with Crippen molar-refractivity contribution in [3.8, 4) is 11.5 Å². The first kappa shape index (κ1) is 18.3. The number of aryl methyl sites for hydroxylation is 2. The van der Waals surface area contributed by atoms with Crippen LogP contribution < -0.4 is 0 Å². The van der Waals surface area contributed by atoms with E-state index in [4.69, 9.17) is 20.8 Å². The SMILES string of the molecule is Cc1ccc(-c2nnc(CCC(=O)OCC(=O)c3ccc(Cl)s3)o2)cc1. The third-order valence-electron chi connectivity index (χ3n) is 3.52. The highest BCUT2D eigenvalue weighted by atomic mass is 35.5. The number of ether oxygens (including phenoxy) is 1. The Morgan fingerprint density at radius 2 is 1.92 bits per heavy atom. The standard InChI is InChI=1S/C18H15ClN2O4S/c1-11-2-4-12(5-3-11)18-21-20-16(25-18)8-9-17(23)24-10-13(22)14-6-7-15(19)26-14/h2-7H,8-10H2,1H3. The van der Waals surface area contributed by atoms with E-state index in [-0.39, 0.29) is 25.2 Å². The van der Waals surface area contributed by atoms with E-state index < -0.39 is 5.97 Å². The maximum atomic E-state index is 11.9. The molecule has 2 aromatic heterocycles. The van der Waals surface area contributed by atoms with Crippen LogP contribution in [0.2, 0.25) is 4.34 Å². The van der Waals surface area contributed by atoms with Crippen molar-refractivity contribution in [2.75, 3.05) is 6.61 Å². The average Bonchev–Trinajstić information content (AvgIpc) is 3.27. The number of hydrogen-bond donors (Lipinski definition) is 0. The van der Waals surface area contributed by atoms with Gasteiger partial charge in [-0.1, -0.05) is 29.3 Å². The van der Waals surface area contributed by atoms with Gasteiger partial charge in [0, 0.05) is 12.0 Å². The third-order valence-corrected chi connectivity index (χ3v) is 4.79. The largest absolute Gasteiger partial charge is 0.457 e. The Morgan fingerprint density at radius 3 is 2.62 bits per heavy atom. The summed E-state index contributed by atoms with van der Waals surface area (Å²) in [5.41, 5.74) is 1.95. The summed E-state index contributed by atoms with van der Waals surface area (Å²) in [7, 11) is 0. The van der Waals surface area contributed by atoms with Crippen molar-refractivity contribution >= 4 is 34.7 Å². The molecule has 0 radical (unpaired) electrons. The molecule has 2 heterocycles. The predicted octanol–water partition coefficient (Wildman–Crippen LogP) is 4.12. The van der Waals surface area contributed by atoms with Gasteiger partial charge >= 0.3 is 5.97 Å². The molecule has 0 aliphatic heterocycles. The Morgan fingerprint density at radius 1 is 1.15 bits per heavy atom. The van der Waals surface area contributed by atoms with E-state index in [0.717, 1.165) is 22.5 Å². The van der Waals surface area contributed by atoms with Gasteiger partial charge in [-0.2, -0.15) is 0 Å². The number of Topliss-reactive ketones (excluding diaryl/α,β-unsaturated/α-hetero) is 1. The molecule has 0 saturated heterocycles. The Kier molecular flexibility index (Phi) is 5.80. The summed E-state index contributed by atoms with van der Waals surface area (Å²) >= 11 is 6.92. The highest BCUT2D eigenvalue weighted by Crippen LogP contribution is 2.22. The van der Waals surface area contributed by atoms with E-state index >= 15 is 0 Å². The van der Waals surface area contributed by atoms with Crippen LogP contribution in [0.25, 0.3) is 11.5 Å².